The van der Waals surface area contributed by atoms with Crippen LogP contribution in [0.5, 0.6) is 5.75 Å². The molecular weight excluding hydrogens is 537 g/mol. The van der Waals surface area contributed by atoms with Crippen LogP contribution in [0.2, 0.25) is 0 Å². The first-order valence-corrected chi connectivity index (χ1v) is 9.51. The van der Waals surface area contributed by atoms with Crippen molar-refractivity contribution in [3.63, 3.8) is 0 Å². The highest BCUT2D eigenvalue weighted by atomic mass is 79.9. The number of rotatable bonds is 4. The van der Waals surface area contributed by atoms with Gasteiger partial charge in [-0.1, -0.05) is 28.1 Å². The van der Waals surface area contributed by atoms with Gasteiger partial charge in [0, 0.05) is 30.7 Å². The van der Waals surface area contributed by atoms with E-state index in [9.17, 15) is 26.3 Å². The molecule has 0 aromatic heterocycles. The maximum atomic E-state index is 13.3. The van der Waals surface area contributed by atoms with Crippen LogP contribution in [0.3, 0.4) is 0 Å². The van der Waals surface area contributed by atoms with Gasteiger partial charge < -0.3 is 10.1 Å². The molecule has 1 N–H and O–H groups in total. The van der Waals surface area contributed by atoms with E-state index in [1.54, 1.807) is 0 Å². The number of hydrogen-bond donors (Lipinski definition) is 1. The van der Waals surface area contributed by atoms with Gasteiger partial charge in [-0.3, -0.25) is 4.90 Å². The third-order valence-electron chi connectivity index (χ3n) is 4.56. The number of alkyl halides is 6. The maximum Gasteiger partial charge on any atom is 0.573 e. The van der Waals surface area contributed by atoms with Crippen LogP contribution < -0.4 is 10.1 Å². The maximum absolute atomic E-state index is 13.3. The number of piperazine rings is 1. The third-order valence-corrected chi connectivity index (χ3v) is 5.29. The molecule has 1 atom stereocenters. The molecule has 1 saturated heterocycles. The van der Waals surface area contributed by atoms with E-state index in [1.807, 2.05) is 4.90 Å². The van der Waals surface area contributed by atoms with Crippen LogP contribution >= 0.6 is 40.7 Å². The molecule has 1 heterocycles. The van der Waals surface area contributed by atoms with Gasteiger partial charge in [-0.15, -0.1) is 38.0 Å². The standard InChI is InChI=1S/C19H17BrF6N2O.2ClH/c20-16-6-3-13(18(21,22)23)11-15(16)17(28-9-7-27-8-10-28)12-1-4-14(5-2-12)29-19(24,25)26;;/h1-6,11,17,27H,7-10H2;2*1H/t17-;;/m0../s1. The molecule has 2 aromatic carbocycles. The lowest BCUT2D eigenvalue weighted by molar-refractivity contribution is -0.274. The Kier molecular flexibility index (Phi) is 9.96. The molecule has 1 aliphatic rings. The highest BCUT2D eigenvalue weighted by Crippen LogP contribution is 2.39. The molecule has 3 rings (SSSR count). The Labute approximate surface area is 196 Å². The Morgan fingerprint density at radius 1 is 0.903 bits per heavy atom. The van der Waals surface area contributed by atoms with Crippen LogP contribution in [0, 0.1) is 0 Å². The van der Waals surface area contributed by atoms with Gasteiger partial charge in [-0.25, -0.2) is 0 Å². The fourth-order valence-electron chi connectivity index (χ4n) is 3.31. The van der Waals surface area contributed by atoms with Crippen molar-refractivity contribution in [2.75, 3.05) is 26.2 Å². The summed E-state index contributed by atoms with van der Waals surface area (Å²) in [5, 5.41) is 3.18. The molecule has 12 heteroatoms. The summed E-state index contributed by atoms with van der Waals surface area (Å²) in [6, 6.07) is 8.07. The van der Waals surface area contributed by atoms with Crippen molar-refractivity contribution in [1.82, 2.24) is 10.2 Å². The van der Waals surface area contributed by atoms with E-state index < -0.39 is 24.1 Å². The highest BCUT2D eigenvalue weighted by Gasteiger charge is 2.34. The Balaban J connectivity index is 0.00000240. The van der Waals surface area contributed by atoms with Crippen molar-refractivity contribution in [2.24, 2.45) is 0 Å². The molecule has 0 unspecified atom stereocenters. The van der Waals surface area contributed by atoms with Crippen molar-refractivity contribution < 1.29 is 31.1 Å². The number of ether oxygens (including phenoxy) is 1. The molecular formula is C19H19BrCl2F6N2O. The number of hydrogen-bond acceptors (Lipinski definition) is 3. The lowest BCUT2D eigenvalue weighted by Gasteiger charge is -2.36. The summed E-state index contributed by atoms with van der Waals surface area (Å²) < 4.78 is 81.4. The van der Waals surface area contributed by atoms with Crippen molar-refractivity contribution in [3.8, 4) is 5.75 Å². The SMILES string of the molecule is Cl.Cl.FC(F)(F)Oc1ccc([C@@H](c2cc(C(F)(F)F)ccc2Br)N2CCNCC2)cc1. The van der Waals surface area contributed by atoms with E-state index in [2.05, 4.69) is 26.0 Å². The lowest BCUT2D eigenvalue weighted by Crippen LogP contribution is -2.45. The Hall–Kier alpha value is -1.20. The van der Waals surface area contributed by atoms with Crippen LogP contribution in [-0.4, -0.2) is 37.4 Å². The van der Waals surface area contributed by atoms with Crippen LogP contribution in [0.4, 0.5) is 26.3 Å². The molecule has 0 radical (unpaired) electrons. The molecule has 3 nitrogen and oxygen atoms in total. The fraction of sp³-hybridized carbons (Fsp3) is 0.368. The van der Waals surface area contributed by atoms with E-state index in [4.69, 9.17) is 0 Å². The topological polar surface area (TPSA) is 24.5 Å². The summed E-state index contributed by atoms with van der Waals surface area (Å²) in [7, 11) is 0. The number of halogens is 9. The van der Waals surface area contributed by atoms with Crippen molar-refractivity contribution in [2.45, 2.75) is 18.6 Å². The zero-order valence-electron chi connectivity index (χ0n) is 15.8. The molecule has 0 bridgehead atoms. The second kappa shape index (κ2) is 11.1. The summed E-state index contributed by atoms with van der Waals surface area (Å²) in [5.74, 6) is -0.386. The van der Waals surface area contributed by atoms with Gasteiger partial charge in [0.05, 0.1) is 11.6 Å². The molecule has 0 amide bonds. The van der Waals surface area contributed by atoms with E-state index in [1.165, 1.54) is 30.3 Å². The molecule has 0 spiro atoms. The second-order valence-electron chi connectivity index (χ2n) is 6.54. The van der Waals surface area contributed by atoms with Crippen LogP contribution in [0.15, 0.2) is 46.9 Å². The monoisotopic (exact) mass is 554 g/mol. The van der Waals surface area contributed by atoms with Crippen molar-refractivity contribution >= 4 is 40.7 Å². The van der Waals surface area contributed by atoms with Crippen LogP contribution in [0.25, 0.3) is 0 Å². The Morgan fingerprint density at radius 3 is 2.00 bits per heavy atom. The molecule has 31 heavy (non-hydrogen) atoms. The predicted octanol–water partition coefficient (Wildman–Crippen LogP) is 6.20. The number of benzene rings is 2. The van der Waals surface area contributed by atoms with Crippen molar-refractivity contribution in [3.05, 3.63) is 63.6 Å². The highest BCUT2D eigenvalue weighted by molar-refractivity contribution is 9.10. The largest absolute Gasteiger partial charge is 0.573 e. The quantitative estimate of drug-likeness (QED) is 0.454. The van der Waals surface area contributed by atoms with Crippen LogP contribution in [0.1, 0.15) is 22.7 Å². The molecule has 174 valence electrons. The first-order valence-electron chi connectivity index (χ1n) is 8.72. The van der Waals surface area contributed by atoms with E-state index in [-0.39, 0.29) is 30.6 Å². The smallest absolute Gasteiger partial charge is 0.406 e. The first kappa shape index (κ1) is 27.8. The minimum Gasteiger partial charge on any atom is -0.406 e. The number of nitrogens with zero attached hydrogens (tertiary/aromatic N) is 1. The zero-order valence-corrected chi connectivity index (χ0v) is 19.0. The first-order chi connectivity index (χ1) is 13.5. The molecule has 0 saturated carbocycles. The minimum atomic E-state index is -4.82. The summed E-state index contributed by atoms with van der Waals surface area (Å²) in [5.41, 5.74) is 0.181. The fourth-order valence-corrected chi connectivity index (χ4v) is 3.77. The zero-order chi connectivity index (χ0) is 21.2. The molecule has 2 aromatic rings. The molecule has 0 aliphatic carbocycles. The normalized spacial score (nSPS) is 16.1. The van der Waals surface area contributed by atoms with E-state index in [0.717, 1.165) is 12.1 Å². The Morgan fingerprint density at radius 2 is 1.48 bits per heavy atom. The van der Waals surface area contributed by atoms with E-state index >= 15 is 0 Å². The van der Waals surface area contributed by atoms with Crippen LogP contribution in [-0.2, 0) is 6.18 Å². The minimum absolute atomic E-state index is 0. The van der Waals surface area contributed by atoms with Gasteiger partial charge >= 0.3 is 12.5 Å². The van der Waals surface area contributed by atoms with Gasteiger partial charge in [0.15, 0.2) is 0 Å². The van der Waals surface area contributed by atoms with Gasteiger partial charge in [0.1, 0.15) is 5.75 Å². The summed E-state index contributed by atoms with van der Waals surface area (Å²) in [6.07, 6.45) is -9.32. The average molecular weight is 556 g/mol. The van der Waals surface area contributed by atoms with Gasteiger partial charge in [-0.05, 0) is 41.5 Å². The summed E-state index contributed by atoms with van der Waals surface area (Å²) >= 11 is 3.33. The van der Waals surface area contributed by atoms with Gasteiger partial charge in [-0.2, -0.15) is 13.2 Å². The van der Waals surface area contributed by atoms with E-state index in [0.29, 0.717) is 41.8 Å². The lowest BCUT2D eigenvalue weighted by atomic mass is 9.94. The average Bonchev–Trinajstić information content (AvgIpc) is 2.63. The second-order valence-corrected chi connectivity index (χ2v) is 7.39. The summed E-state index contributed by atoms with van der Waals surface area (Å²) in [4.78, 5) is 2.00. The van der Waals surface area contributed by atoms with Crippen molar-refractivity contribution in [1.29, 1.82) is 0 Å². The van der Waals surface area contributed by atoms with Gasteiger partial charge in [0.2, 0.25) is 0 Å². The van der Waals surface area contributed by atoms with Gasteiger partial charge in [0.25, 0.3) is 0 Å². The number of nitrogens with one attached hydrogen (secondary N) is 1. The predicted molar refractivity (Wildman–Crippen MR) is 113 cm³/mol. The molecule has 1 aliphatic heterocycles. The summed E-state index contributed by atoms with van der Waals surface area (Å²) in [6.45, 7) is 2.47. The molecule has 1 fully saturated rings. The third kappa shape index (κ3) is 7.42. The Bertz CT molecular complexity index is 843.